The molecule has 0 bridgehead atoms. The highest BCUT2D eigenvalue weighted by atomic mass is 35.6. The van der Waals surface area contributed by atoms with Crippen molar-refractivity contribution in [1.29, 1.82) is 5.26 Å². The van der Waals surface area contributed by atoms with E-state index in [1.54, 1.807) is 15.4 Å². The number of rotatable bonds is 3. The van der Waals surface area contributed by atoms with Crippen LogP contribution in [0.2, 0.25) is 0 Å². The Morgan fingerprint density at radius 1 is 1.06 bits per heavy atom. The molecule has 0 aromatic carbocycles. The Bertz CT molecular complexity index is 1310. The van der Waals surface area contributed by atoms with E-state index in [4.69, 9.17) is 10.7 Å². The topological polar surface area (TPSA) is 110 Å². The molecule has 1 aliphatic heterocycles. The molecular formula is C23H24Cl2N8O. The summed E-state index contributed by atoms with van der Waals surface area (Å²) in [5.41, 5.74) is 11.3. The number of piperidine rings is 1. The van der Waals surface area contributed by atoms with Crippen molar-refractivity contribution in [2.45, 2.75) is 25.3 Å². The van der Waals surface area contributed by atoms with Gasteiger partial charge in [0.05, 0.1) is 47.2 Å². The number of anilines is 1. The van der Waals surface area contributed by atoms with Gasteiger partial charge < -0.3 is 10.6 Å². The molecule has 0 atom stereocenters. The van der Waals surface area contributed by atoms with Crippen molar-refractivity contribution in [2.75, 3.05) is 18.0 Å². The van der Waals surface area contributed by atoms with Gasteiger partial charge in [0.25, 0.3) is 0 Å². The van der Waals surface area contributed by atoms with Crippen molar-refractivity contribution in [3.05, 3.63) is 54.7 Å². The lowest BCUT2D eigenvalue weighted by Crippen LogP contribution is -2.48. The van der Waals surface area contributed by atoms with Crippen LogP contribution in [0.5, 0.6) is 0 Å². The van der Waals surface area contributed by atoms with Crippen molar-refractivity contribution >= 4 is 35.1 Å². The van der Waals surface area contributed by atoms with Crippen LogP contribution in [0.4, 0.5) is 5.82 Å². The maximum atomic E-state index is 9.59. The van der Waals surface area contributed by atoms with Crippen molar-refractivity contribution in [3.63, 3.8) is 0 Å². The SMILES string of the molecule is ClOCl.Cn1cc(-c2cc(-c3ccc(N4CCC(C)(N)CC4)nc3)c3c(C#N)cnn3c2)cn1. The van der Waals surface area contributed by atoms with E-state index in [0.717, 1.165) is 59.5 Å². The van der Waals surface area contributed by atoms with E-state index in [-0.39, 0.29) is 5.54 Å². The van der Waals surface area contributed by atoms with Gasteiger partial charge in [0.1, 0.15) is 11.9 Å². The summed E-state index contributed by atoms with van der Waals surface area (Å²) in [6.45, 7) is 3.92. The number of nitrogens with zero attached hydrogens (tertiary/aromatic N) is 7. The lowest BCUT2D eigenvalue weighted by molar-refractivity contribution is 0.363. The van der Waals surface area contributed by atoms with Crippen LogP contribution >= 0.6 is 23.7 Å². The predicted octanol–water partition coefficient (Wildman–Crippen LogP) is 4.30. The molecule has 1 saturated heterocycles. The lowest BCUT2D eigenvalue weighted by Gasteiger charge is -2.37. The first kappa shape index (κ1) is 24.0. The van der Waals surface area contributed by atoms with E-state index in [2.05, 4.69) is 67.8 Å². The highest BCUT2D eigenvalue weighted by Crippen LogP contribution is 2.32. The zero-order chi connectivity index (χ0) is 24.3. The fraction of sp³-hybridized carbons (Fsp3) is 0.304. The minimum Gasteiger partial charge on any atom is -0.356 e. The average Bonchev–Trinajstić information content (AvgIpc) is 3.45. The highest BCUT2D eigenvalue weighted by molar-refractivity contribution is 6.24. The molecule has 0 aliphatic carbocycles. The number of fused-ring (bicyclic) bond motifs is 1. The van der Waals surface area contributed by atoms with Gasteiger partial charge in [0, 0.05) is 66.5 Å². The summed E-state index contributed by atoms with van der Waals surface area (Å²) in [5, 5.41) is 18.3. The van der Waals surface area contributed by atoms with Crippen LogP contribution in [0.3, 0.4) is 0 Å². The summed E-state index contributed by atoms with van der Waals surface area (Å²) >= 11 is 8.53. The van der Waals surface area contributed by atoms with Crippen LogP contribution in [-0.2, 0) is 10.9 Å². The second-order valence-corrected chi connectivity index (χ2v) is 9.08. The van der Waals surface area contributed by atoms with Crippen LogP contribution in [-0.4, -0.2) is 43.0 Å². The quantitative estimate of drug-likeness (QED) is 0.448. The van der Waals surface area contributed by atoms with E-state index >= 15 is 0 Å². The normalized spacial score (nSPS) is 15.0. The van der Waals surface area contributed by atoms with Crippen LogP contribution in [0.25, 0.3) is 27.8 Å². The van der Waals surface area contributed by atoms with Gasteiger partial charge in [-0.2, -0.15) is 19.3 Å². The third-order valence-electron chi connectivity index (χ3n) is 6.06. The standard InChI is InChI=1S/C23H24N8.Cl2O/c1-23(25)5-7-30(8-6-23)21-4-3-16(11-26-21)20-9-17(19-13-27-29(2)14-19)15-31-22(20)18(10-24)12-28-31;1-3-2/h3-4,9,11-15H,5-8,25H2,1-2H3;. The lowest BCUT2D eigenvalue weighted by atomic mass is 9.91. The molecule has 34 heavy (non-hydrogen) atoms. The van der Waals surface area contributed by atoms with Gasteiger partial charge in [-0.15, -0.1) is 0 Å². The Labute approximate surface area is 207 Å². The molecule has 0 spiro atoms. The molecule has 0 unspecified atom stereocenters. The van der Waals surface area contributed by atoms with E-state index in [1.165, 1.54) is 0 Å². The number of hydrogen-bond donors (Lipinski definition) is 1. The first-order chi connectivity index (χ1) is 16.3. The molecule has 5 heterocycles. The Balaban J connectivity index is 0.000000868. The van der Waals surface area contributed by atoms with Gasteiger partial charge >= 0.3 is 0 Å². The zero-order valence-corrected chi connectivity index (χ0v) is 20.3. The Morgan fingerprint density at radius 2 is 1.79 bits per heavy atom. The molecular weight excluding hydrogens is 475 g/mol. The van der Waals surface area contributed by atoms with Crippen molar-refractivity contribution in [3.8, 4) is 28.3 Å². The number of nitrogens with two attached hydrogens (primary N) is 1. The molecule has 11 heteroatoms. The predicted molar refractivity (Wildman–Crippen MR) is 132 cm³/mol. The molecule has 9 nitrogen and oxygen atoms in total. The molecule has 0 radical (unpaired) electrons. The summed E-state index contributed by atoms with van der Waals surface area (Å²) in [4.78, 5) is 7.01. The minimum atomic E-state index is -0.0928. The summed E-state index contributed by atoms with van der Waals surface area (Å²) < 4.78 is 6.72. The molecule has 5 rings (SSSR count). The molecule has 1 aliphatic rings. The average molecular weight is 499 g/mol. The number of pyridine rings is 2. The van der Waals surface area contributed by atoms with E-state index in [0.29, 0.717) is 5.56 Å². The van der Waals surface area contributed by atoms with E-state index < -0.39 is 0 Å². The number of nitriles is 1. The molecule has 0 saturated carbocycles. The summed E-state index contributed by atoms with van der Waals surface area (Å²) in [7, 11) is 1.89. The Morgan fingerprint density at radius 3 is 2.38 bits per heavy atom. The second-order valence-electron chi connectivity index (χ2n) is 8.61. The summed E-state index contributed by atoms with van der Waals surface area (Å²) in [6.07, 6.45) is 11.1. The van der Waals surface area contributed by atoms with Gasteiger partial charge in [-0.05, 0) is 38.0 Å². The Kier molecular flexibility index (Phi) is 7.05. The molecule has 1 fully saturated rings. The molecule has 0 amide bonds. The fourth-order valence-corrected chi connectivity index (χ4v) is 4.13. The Hall–Kier alpha value is -3.16. The maximum Gasteiger partial charge on any atom is 0.128 e. The highest BCUT2D eigenvalue weighted by Gasteiger charge is 2.26. The summed E-state index contributed by atoms with van der Waals surface area (Å²) in [5.74, 6) is 0.952. The smallest absolute Gasteiger partial charge is 0.128 e. The number of aromatic nitrogens is 5. The van der Waals surface area contributed by atoms with Crippen LogP contribution < -0.4 is 10.6 Å². The number of halogens is 2. The zero-order valence-electron chi connectivity index (χ0n) is 18.8. The van der Waals surface area contributed by atoms with Crippen LogP contribution in [0, 0.1) is 11.3 Å². The minimum absolute atomic E-state index is 0.0928. The maximum absolute atomic E-state index is 9.59. The molecule has 176 valence electrons. The monoisotopic (exact) mass is 498 g/mol. The van der Waals surface area contributed by atoms with Gasteiger partial charge in [0.15, 0.2) is 0 Å². The first-order valence-corrected chi connectivity index (χ1v) is 11.3. The number of aryl methyl sites for hydroxylation is 1. The van der Waals surface area contributed by atoms with E-state index in [9.17, 15) is 5.26 Å². The van der Waals surface area contributed by atoms with Crippen molar-refractivity contribution in [1.82, 2.24) is 24.4 Å². The molecule has 4 aromatic rings. The largest absolute Gasteiger partial charge is 0.356 e. The second kappa shape index (κ2) is 9.99. The third kappa shape index (κ3) is 5.00. The first-order valence-electron chi connectivity index (χ1n) is 10.7. The van der Waals surface area contributed by atoms with Crippen molar-refractivity contribution in [2.24, 2.45) is 12.8 Å². The van der Waals surface area contributed by atoms with Gasteiger partial charge in [-0.3, -0.25) is 4.68 Å². The van der Waals surface area contributed by atoms with Gasteiger partial charge in [-0.25, -0.2) is 9.50 Å². The third-order valence-corrected chi connectivity index (χ3v) is 6.06. The van der Waals surface area contributed by atoms with Crippen LogP contribution in [0.15, 0.2) is 49.2 Å². The van der Waals surface area contributed by atoms with Gasteiger partial charge in [0.2, 0.25) is 0 Å². The molecule has 2 N–H and O–H groups in total. The fourth-order valence-electron chi connectivity index (χ4n) is 4.13. The van der Waals surface area contributed by atoms with E-state index in [1.807, 2.05) is 37.9 Å². The molecule has 4 aromatic heterocycles. The number of hydrogen-bond acceptors (Lipinski definition) is 7. The van der Waals surface area contributed by atoms with Crippen molar-refractivity contribution < 1.29 is 3.84 Å². The summed E-state index contributed by atoms with van der Waals surface area (Å²) in [6, 6.07) is 8.44. The van der Waals surface area contributed by atoms with Gasteiger partial charge in [-0.1, -0.05) is 0 Å². The van der Waals surface area contributed by atoms with Crippen LogP contribution in [0.1, 0.15) is 25.3 Å².